The smallest absolute Gasteiger partial charge is 0.298 e. The van der Waals surface area contributed by atoms with Crippen LogP contribution in [0.1, 0.15) is 99.5 Å². The second-order valence-corrected chi connectivity index (χ2v) is 13.6. The molecule has 1 saturated heterocycles. The van der Waals surface area contributed by atoms with Crippen molar-refractivity contribution in [2.45, 2.75) is 112 Å². The molecule has 0 aromatic heterocycles. The Kier molecular flexibility index (Phi) is 15.4. The molecule has 0 radical (unpaired) electrons. The zero-order chi connectivity index (χ0) is 34.4. The van der Waals surface area contributed by atoms with Crippen LogP contribution in [0.3, 0.4) is 0 Å². The first kappa shape index (κ1) is 38.2. The zero-order valence-corrected chi connectivity index (χ0v) is 30.2. The van der Waals surface area contributed by atoms with Gasteiger partial charge in [-0.2, -0.15) is 0 Å². The summed E-state index contributed by atoms with van der Waals surface area (Å²) in [5, 5.41) is 3.15. The molecule has 0 spiro atoms. The van der Waals surface area contributed by atoms with Crippen molar-refractivity contribution in [2.24, 2.45) is 0 Å². The first-order valence-electron chi connectivity index (χ1n) is 17.8. The molecule has 0 bridgehead atoms. The highest BCUT2D eigenvalue weighted by Crippen LogP contribution is 2.30. The number of amides is 1. The molecule has 47 heavy (non-hydrogen) atoms. The molecule has 1 unspecified atom stereocenters. The number of rotatable bonds is 20. The van der Waals surface area contributed by atoms with Crippen LogP contribution in [0.5, 0.6) is 11.5 Å². The number of methoxy groups -OCH3 is 1. The standard InChI is InChI=1S/C39H59N3O5/c1-8-24-42(9-2,27-33(44)26-34-29(3)18-20-36(46-7)31(34)5)25-16-12-10-11-14-22-41-23-15-13-17-35(41)39(45)40-38-30(4)19-21-37(32(38)6)47-28-43/h18-21,28,35H,8-17,22-27H2,1-7H3/p+1/t35-,42?/m1/s1. The van der Waals surface area contributed by atoms with Crippen molar-refractivity contribution < 1.29 is 28.3 Å². The van der Waals surface area contributed by atoms with E-state index in [1.54, 1.807) is 13.2 Å². The maximum Gasteiger partial charge on any atom is 0.298 e. The molecule has 8 heteroatoms. The number of hydrogen-bond donors (Lipinski definition) is 1. The summed E-state index contributed by atoms with van der Waals surface area (Å²) < 4.78 is 11.5. The maximum absolute atomic E-state index is 13.4. The quantitative estimate of drug-likeness (QED) is 0.0922. The van der Waals surface area contributed by atoms with E-state index in [2.05, 4.69) is 44.0 Å². The minimum Gasteiger partial charge on any atom is -0.496 e. The molecule has 1 amide bonds. The number of nitrogens with one attached hydrogen (secondary N) is 1. The van der Waals surface area contributed by atoms with Gasteiger partial charge in [-0.05, 0) is 121 Å². The largest absolute Gasteiger partial charge is 0.496 e. The van der Waals surface area contributed by atoms with Crippen LogP contribution in [0.2, 0.25) is 0 Å². The lowest BCUT2D eigenvalue weighted by atomic mass is 9.96. The number of anilines is 1. The van der Waals surface area contributed by atoms with Crippen LogP contribution in [-0.2, 0) is 20.8 Å². The third-order valence-corrected chi connectivity index (χ3v) is 10.3. The minimum atomic E-state index is -0.142. The van der Waals surface area contributed by atoms with E-state index in [0.29, 0.717) is 31.0 Å². The molecule has 2 atom stereocenters. The van der Waals surface area contributed by atoms with E-state index in [4.69, 9.17) is 9.47 Å². The molecular weight excluding hydrogens is 590 g/mol. The summed E-state index contributed by atoms with van der Waals surface area (Å²) in [6, 6.07) is 7.53. The highest BCUT2D eigenvalue weighted by Gasteiger charge is 2.30. The molecule has 0 saturated carbocycles. The number of hydrogen-bond acceptors (Lipinski definition) is 6. The molecule has 2 aromatic rings. The topological polar surface area (TPSA) is 84.9 Å². The van der Waals surface area contributed by atoms with Crippen molar-refractivity contribution in [3.63, 3.8) is 0 Å². The van der Waals surface area contributed by atoms with Gasteiger partial charge in [-0.15, -0.1) is 0 Å². The van der Waals surface area contributed by atoms with Crippen molar-refractivity contribution in [3.05, 3.63) is 52.1 Å². The normalized spacial score (nSPS) is 16.4. The predicted molar refractivity (Wildman–Crippen MR) is 190 cm³/mol. The molecule has 1 aliphatic heterocycles. The number of unbranched alkanes of at least 4 members (excludes halogenated alkanes) is 4. The second kappa shape index (κ2) is 18.9. The van der Waals surface area contributed by atoms with Gasteiger partial charge in [-0.1, -0.05) is 38.3 Å². The molecule has 1 fully saturated rings. The average Bonchev–Trinajstić information content (AvgIpc) is 3.06. The zero-order valence-electron chi connectivity index (χ0n) is 30.2. The van der Waals surface area contributed by atoms with E-state index in [1.165, 1.54) is 6.42 Å². The second-order valence-electron chi connectivity index (χ2n) is 13.6. The van der Waals surface area contributed by atoms with Gasteiger partial charge in [0.05, 0.1) is 38.5 Å². The van der Waals surface area contributed by atoms with Gasteiger partial charge in [0, 0.05) is 12.0 Å². The van der Waals surface area contributed by atoms with E-state index >= 15 is 0 Å². The van der Waals surface area contributed by atoms with Gasteiger partial charge in [0.15, 0.2) is 5.78 Å². The number of likely N-dealkylation sites (N-methyl/N-ethyl adjacent to an activating group) is 1. The van der Waals surface area contributed by atoms with E-state index in [9.17, 15) is 14.4 Å². The molecule has 1 N–H and O–H groups in total. The summed E-state index contributed by atoms with van der Waals surface area (Å²) in [7, 11) is 1.69. The summed E-state index contributed by atoms with van der Waals surface area (Å²) in [5.41, 5.74) is 5.79. The highest BCUT2D eigenvalue weighted by atomic mass is 16.5. The molecular formula is C39H60N3O5+. The number of quaternary nitrogens is 1. The Morgan fingerprint density at radius 2 is 1.62 bits per heavy atom. The third kappa shape index (κ3) is 10.6. The first-order valence-corrected chi connectivity index (χ1v) is 17.8. The molecule has 1 heterocycles. The lowest BCUT2D eigenvalue weighted by molar-refractivity contribution is -0.919. The SMILES string of the molecule is CCC[N+](CC)(CCCCCCCN1CCCC[C@@H]1C(=O)Nc1c(C)ccc(OC=O)c1C)CC(=O)Cc1c(C)ccc(OC)c1C. The van der Waals surface area contributed by atoms with Gasteiger partial charge in [-0.3, -0.25) is 19.3 Å². The number of aryl methyl sites for hydroxylation is 2. The number of benzene rings is 2. The summed E-state index contributed by atoms with van der Waals surface area (Å²) >= 11 is 0. The monoisotopic (exact) mass is 650 g/mol. The first-order chi connectivity index (χ1) is 22.6. The summed E-state index contributed by atoms with van der Waals surface area (Å²) in [6.07, 6.45) is 10.2. The Morgan fingerprint density at radius 1 is 0.915 bits per heavy atom. The van der Waals surface area contributed by atoms with Gasteiger partial charge < -0.3 is 19.3 Å². The van der Waals surface area contributed by atoms with Crippen molar-refractivity contribution >= 4 is 23.9 Å². The van der Waals surface area contributed by atoms with Crippen molar-refractivity contribution in [2.75, 3.05) is 51.7 Å². The van der Waals surface area contributed by atoms with Crippen LogP contribution in [-0.4, -0.2) is 80.0 Å². The number of piperidine rings is 1. The van der Waals surface area contributed by atoms with Gasteiger partial charge in [0.2, 0.25) is 5.91 Å². The fourth-order valence-corrected chi connectivity index (χ4v) is 7.42. The molecule has 3 rings (SSSR count). The summed E-state index contributed by atoms with van der Waals surface area (Å²) in [5.74, 6) is 1.65. The van der Waals surface area contributed by atoms with Crippen LogP contribution < -0.4 is 14.8 Å². The van der Waals surface area contributed by atoms with Gasteiger partial charge >= 0.3 is 0 Å². The Bertz CT molecular complexity index is 1340. The number of ether oxygens (including phenoxy) is 2. The Labute approximate surface area is 283 Å². The number of nitrogens with zero attached hydrogens (tertiary/aromatic N) is 2. The molecule has 2 aromatic carbocycles. The molecule has 260 valence electrons. The van der Waals surface area contributed by atoms with Crippen LogP contribution in [0.15, 0.2) is 24.3 Å². The minimum absolute atomic E-state index is 0.0232. The number of carbonyl (C=O) groups is 3. The molecule has 8 nitrogen and oxygen atoms in total. The van der Waals surface area contributed by atoms with Crippen LogP contribution in [0.25, 0.3) is 0 Å². The van der Waals surface area contributed by atoms with Crippen molar-refractivity contribution in [1.29, 1.82) is 0 Å². The average molecular weight is 651 g/mol. The number of likely N-dealkylation sites (tertiary alicyclic amines) is 1. The van der Waals surface area contributed by atoms with Gasteiger partial charge in [0.1, 0.15) is 18.0 Å². The molecule has 1 aliphatic rings. The van der Waals surface area contributed by atoms with E-state index < -0.39 is 0 Å². The number of carbonyl (C=O) groups excluding carboxylic acids is 3. The lowest BCUT2D eigenvalue weighted by Gasteiger charge is -2.37. The molecule has 0 aliphatic carbocycles. The Morgan fingerprint density at radius 3 is 2.32 bits per heavy atom. The Hall–Kier alpha value is -3.23. The van der Waals surface area contributed by atoms with Crippen molar-refractivity contribution in [3.8, 4) is 11.5 Å². The fraction of sp³-hybridized carbons (Fsp3) is 0.615. The third-order valence-electron chi connectivity index (χ3n) is 10.3. The summed E-state index contributed by atoms with van der Waals surface area (Å²) in [4.78, 5) is 40.1. The summed E-state index contributed by atoms with van der Waals surface area (Å²) in [6.45, 7) is 18.3. The lowest BCUT2D eigenvalue weighted by Crippen LogP contribution is -2.52. The predicted octanol–water partition coefficient (Wildman–Crippen LogP) is 7.27. The van der Waals surface area contributed by atoms with E-state index in [-0.39, 0.29) is 11.9 Å². The van der Waals surface area contributed by atoms with Gasteiger partial charge in [-0.25, -0.2) is 0 Å². The van der Waals surface area contributed by atoms with E-state index in [0.717, 1.165) is 128 Å². The van der Waals surface area contributed by atoms with E-state index in [1.807, 2.05) is 26.0 Å². The number of Topliss-reactive ketones (excluding diaryl/α,β-unsaturated/α-hetero) is 1. The van der Waals surface area contributed by atoms with Crippen LogP contribution in [0.4, 0.5) is 5.69 Å². The fourth-order valence-electron chi connectivity index (χ4n) is 7.42. The maximum atomic E-state index is 13.4. The number of ketones is 1. The highest BCUT2D eigenvalue weighted by molar-refractivity contribution is 5.96. The van der Waals surface area contributed by atoms with Crippen LogP contribution in [0, 0.1) is 27.7 Å². The van der Waals surface area contributed by atoms with Crippen molar-refractivity contribution in [1.82, 2.24) is 4.90 Å². The van der Waals surface area contributed by atoms with Crippen LogP contribution >= 0.6 is 0 Å². The Balaban J connectivity index is 1.47. The van der Waals surface area contributed by atoms with Gasteiger partial charge in [0.25, 0.3) is 6.47 Å².